The monoisotopic (exact) mass is 665 g/mol. The molecule has 2 saturated heterocycles. The lowest BCUT2D eigenvalue weighted by Gasteiger charge is -2.39. The summed E-state index contributed by atoms with van der Waals surface area (Å²) >= 11 is 6.36. The van der Waals surface area contributed by atoms with Crippen LogP contribution in [0.25, 0.3) is 37.8 Å². The molecule has 4 heterocycles. The van der Waals surface area contributed by atoms with Gasteiger partial charge in [-0.25, -0.2) is 19.7 Å². The maximum Gasteiger partial charge on any atom is 0.319 e. The molecule has 1 amide bonds. The van der Waals surface area contributed by atoms with Crippen molar-refractivity contribution in [2.75, 3.05) is 58.4 Å². The standard InChI is InChI=1S/C33H31ClF3N7O3/c1-18(35)32(45)44-11-10-43(15-21(44)13-38-2)31-24-14-39-29(23-7-5-6-19-8-9-25(36)27(34)26(19)23)28(37)30(24)40-33(41-31)47-17-20-12-22(46-4)16-42(20)3/h5-9,14,20-22H,1,10-13,15-17H2,3-4H3/t20-,21-,22+/m0/s1. The van der Waals surface area contributed by atoms with Gasteiger partial charge in [0, 0.05) is 56.5 Å². The molecule has 0 bridgehead atoms. The van der Waals surface area contributed by atoms with Crippen LogP contribution in [0.5, 0.6) is 6.01 Å². The molecule has 3 atom stereocenters. The quantitative estimate of drug-likeness (QED) is 0.185. The van der Waals surface area contributed by atoms with E-state index in [9.17, 15) is 13.6 Å². The van der Waals surface area contributed by atoms with Gasteiger partial charge in [0.2, 0.25) is 6.54 Å². The average molecular weight is 666 g/mol. The number of nitrogens with zero attached hydrogens (tertiary/aromatic N) is 7. The second kappa shape index (κ2) is 13.3. The molecule has 2 aromatic heterocycles. The molecule has 2 aromatic carbocycles. The Balaban J connectivity index is 1.45. The maximum atomic E-state index is 16.7. The number of piperazine rings is 1. The zero-order valence-corrected chi connectivity index (χ0v) is 26.5. The zero-order chi connectivity index (χ0) is 33.4. The normalized spacial score (nSPS) is 20.1. The summed E-state index contributed by atoms with van der Waals surface area (Å²) in [7, 11) is 3.62. The Morgan fingerprint density at radius 2 is 1.98 bits per heavy atom. The number of pyridine rings is 1. The predicted molar refractivity (Wildman–Crippen MR) is 172 cm³/mol. The number of methoxy groups -OCH3 is 1. The Hall–Kier alpha value is -4.51. The van der Waals surface area contributed by atoms with E-state index in [0.717, 1.165) is 13.0 Å². The summed E-state index contributed by atoms with van der Waals surface area (Å²) in [5, 5.41) is 1.01. The van der Waals surface area contributed by atoms with Gasteiger partial charge in [0.15, 0.2) is 11.6 Å². The van der Waals surface area contributed by atoms with E-state index in [0.29, 0.717) is 10.8 Å². The second-order valence-electron chi connectivity index (χ2n) is 11.6. The second-order valence-corrected chi connectivity index (χ2v) is 12.0. The van der Waals surface area contributed by atoms with Gasteiger partial charge >= 0.3 is 6.01 Å². The van der Waals surface area contributed by atoms with E-state index in [2.05, 4.69) is 31.3 Å². The van der Waals surface area contributed by atoms with Gasteiger partial charge in [0.1, 0.15) is 35.5 Å². The van der Waals surface area contributed by atoms with Gasteiger partial charge in [-0.1, -0.05) is 42.4 Å². The molecule has 47 heavy (non-hydrogen) atoms. The fourth-order valence-electron chi connectivity index (χ4n) is 6.32. The Labute approximate surface area is 274 Å². The summed E-state index contributed by atoms with van der Waals surface area (Å²) < 4.78 is 56.6. The third-order valence-corrected chi connectivity index (χ3v) is 9.17. The minimum Gasteiger partial charge on any atom is -0.462 e. The third-order valence-electron chi connectivity index (χ3n) is 8.80. The number of fused-ring (bicyclic) bond motifs is 2. The van der Waals surface area contributed by atoms with E-state index in [4.69, 9.17) is 27.6 Å². The van der Waals surface area contributed by atoms with E-state index < -0.39 is 29.4 Å². The molecule has 6 rings (SSSR count). The van der Waals surface area contributed by atoms with Crippen LogP contribution in [0.15, 0.2) is 48.9 Å². The van der Waals surface area contributed by atoms with Crippen LogP contribution in [0.4, 0.5) is 19.0 Å². The highest BCUT2D eigenvalue weighted by molar-refractivity contribution is 6.36. The Morgan fingerprint density at radius 1 is 1.17 bits per heavy atom. The van der Waals surface area contributed by atoms with Crippen molar-refractivity contribution in [1.29, 1.82) is 0 Å². The lowest BCUT2D eigenvalue weighted by atomic mass is 10.0. The molecule has 14 heteroatoms. The number of anilines is 1. The summed E-state index contributed by atoms with van der Waals surface area (Å²) in [5.41, 5.74) is 0.0989. The van der Waals surface area contributed by atoms with Gasteiger partial charge in [-0.05, 0) is 24.9 Å². The number of carbonyl (C=O) groups is 1. The molecule has 2 fully saturated rings. The topological polar surface area (TPSA) is 88.3 Å². The summed E-state index contributed by atoms with van der Waals surface area (Å²) in [6.07, 6.45) is 2.20. The van der Waals surface area contributed by atoms with E-state index in [1.807, 2.05) is 7.05 Å². The number of hydrogen-bond donors (Lipinski definition) is 0. The third kappa shape index (κ3) is 6.16. The van der Waals surface area contributed by atoms with Crippen LogP contribution in [0.2, 0.25) is 5.02 Å². The van der Waals surface area contributed by atoms with Gasteiger partial charge < -0.3 is 24.1 Å². The molecule has 0 aliphatic carbocycles. The number of benzene rings is 2. The molecule has 0 radical (unpaired) electrons. The average Bonchev–Trinajstić information content (AvgIpc) is 3.44. The first-order valence-corrected chi connectivity index (χ1v) is 15.3. The van der Waals surface area contributed by atoms with Gasteiger partial charge in [-0.2, -0.15) is 9.97 Å². The van der Waals surface area contributed by atoms with Gasteiger partial charge in [0.05, 0.1) is 16.5 Å². The van der Waals surface area contributed by atoms with E-state index in [-0.39, 0.29) is 83.9 Å². The number of likely N-dealkylation sites (N-methyl/N-ethyl adjacent to an activating group) is 1. The smallest absolute Gasteiger partial charge is 0.319 e. The van der Waals surface area contributed by atoms with E-state index >= 15 is 4.39 Å². The molecule has 4 aromatic rings. The van der Waals surface area contributed by atoms with Crippen LogP contribution >= 0.6 is 11.6 Å². The maximum absolute atomic E-state index is 16.7. The Morgan fingerprint density at radius 3 is 2.70 bits per heavy atom. The number of rotatable bonds is 8. The van der Waals surface area contributed by atoms with Crippen molar-refractivity contribution in [1.82, 2.24) is 24.8 Å². The van der Waals surface area contributed by atoms with Crippen LogP contribution < -0.4 is 9.64 Å². The molecular weight excluding hydrogens is 635 g/mol. The summed E-state index contributed by atoms with van der Waals surface area (Å²) in [6.45, 7) is 11.8. The number of likely N-dealkylation sites (tertiary alicyclic amines) is 1. The van der Waals surface area contributed by atoms with Crippen molar-refractivity contribution >= 4 is 45.0 Å². The fourth-order valence-corrected chi connectivity index (χ4v) is 6.59. The van der Waals surface area contributed by atoms with E-state index in [1.54, 1.807) is 36.3 Å². The van der Waals surface area contributed by atoms with Crippen molar-refractivity contribution in [3.05, 3.63) is 77.0 Å². The van der Waals surface area contributed by atoms with Crippen molar-refractivity contribution in [2.45, 2.75) is 24.6 Å². The molecule has 0 saturated carbocycles. The number of halogens is 4. The molecule has 0 unspecified atom stereocenters. The molecule has 244 valence electrons. The van der Waals surface area contributed by atoms with Crippen molar-refractivity contribution in [3.63, 3.8) is 0 Å². The number of hydrogen-bond acceptors (Lipinski definition) is 8. The Kier molecular flexibility index (Phi) is 9.18. The lowest BCUT2D eigenvalue weighted by Crippen LogP contribution is -2.56. The van der Waals surface area contributed by atoms with Crippen LogP contribution in [0.1, 0.15) is 6.42 Å². The highest BCUT2D eigenvalue weighted by Crippen LogP contribution is 2.38. The van der Waals surface area contributed by atoms with Crippen molar-refractivity contribution in [2.24, 2.45) is 0 Å². The molecule has 0 N–H and O–H groups in total. The number of ether oxygens (including phenoxy) is 2. The molecule has 2 aliphatic rings. The van der Waals surface area contributed by atoms with E-state index in [1.165, 1.54) is 17.2 Å². The van der Waals surface area contributed by atoms with Crippen LogP contribution in [-0.2, 0) is 9.53 Å². The lowest BCUT2D eigenvalue weighted by molar-refractivity contribution is -0.131. The van der Waals surface area contributed by atoms with Gasteiger partial charge in [-0.3, -0.25) is 14.7 Å². The largest absolute Gasteiger partial charge is 0.462 e. The SMILES string of the molecule is [C-]#[N+]C[C@H]1CN(c2nc(OC[C@@H]3C[C@@H](OC)CN3C)nc3c(F)c(-c4cccc5ccc(F)c(Cl)c45)ncc23)CCN1C(=O)C(=C)F. The summed E-state index contributed by atoms with van der Waals surface area (Å²) in [4.78, 5) is 34.7. The van der Waals surface area contributed by atoms with Crippen LogP contribution in [-0.4, -0.2) is 102 Å². The number of aromatic nitrogens is 3. The van der Waals surface area contributed by atoms with Crippen LogP contribution in [0, 0.1) is 18.2 Å². The minimum absolute atomic E-state index is 0.000306. The predicted octanol–water partition coefficient (Wildman–Crippen LogP) is 5.29. The first-order chi connectivity index (χ1) is 22.6. The molecule has 10 nitrogen and oxygen atoms in total. The Bertz CT molecular complexity index is 1920. The summed E-state index contributed by atoms with van der Waals surface area (Å²) in [6, 6.07) is 7.09. The molecule has 2 aliphatic heterocycles. The number of carbonyl (C=O) groups excluding carboxylic acids is 1. The van der Waals surface area contributed by atoms with Crippen molar-refractivity contribution in [3.8, 4) is 17.3 Å². The van der Waals surface area contributed by atoms with Crippen LogP contribution in [0.3, 0.4) is 0 Å². The first kappa shape index (κ1) is 32.4. The summed E-state index contributed by atoms with van der Waals surface area (Å²) in [5.74, 6) is -3.16. The van der Waals surface area contributed by atoms with Crippen molar-refractivity contribution < 1.29 is 27.4 Å². The molecular formula is C33H31ClF3N7O3. The highest BCUT2D eigenvalue weighted by atomic mass is 35.5. The zero-order valence-electron chi connectivity index (χ0n) is 25.7. The molecule has 0 spiro atoms. The first-order valence-electron chi connectivity index (χ1n) is 14.9. The number of amides is 1. The van der Waals surface area contributed by atoms with Gasteiger partial charge in [-0.15, -0.1) is 0 Å². The minimum atomic E-state index is -1.11. The highest BCUT2D eigenvalue weighted by Gasteiger charge is 2.36. The van der Waals surface area contributed by atoms with Gasteiger partial charge in [0.25, 0.3) is 5.91 Å². The fraction of sp³-hybridized carbons (Fsp3) is 0.364.